The second kappa shape index (κ2) is 11.5. The molecule has 0 fully saturated rings. The highest BCUT2D eigenvalue weighted by Crippen LogP contribution is 2.33. The Kier molecular flexibility index (Phi) is 7.94. The molecule has 6 heteroatoms. The number of benzene rings is 3. The fourth-order valence-corrected chi connectivity index (χ4v) is 4.79. The van der Waals surface area contributed by atoms with Gasteiger partial charge in [0.05, 0.1) is 26.3 Å². The van der Waals surface area contributed by atoms with Crippen LogP contribution in [0.15, 0.2) is 84.2 Å². The molecule has 0 saturated carbocycles. The number of nitrogens with one attached hydrogen (secondary N) is 1. The van der Waals surface area contributed by atoms with Crippen molar-refractivity contribution in [3.8, 4) is 22.1 Å². The first kappa shape index (κ1) is 23.5. The van der Waals surface area contributed by atoms with E-state index in [9.17, 15) is 4.79 Å². The zero-order valence-corrected chi connectivity index (χ0v) is 20.2. The summed E-state index contributed by atoms with van der Waals surface area (Å²) < 4.78 is 10.7. The van der Waals surface area contributed by atoms with Gasteiger partial charge in [0.2, 0.25) is 5.91 Å². The Bertz CT molecular complexity index is 1170. The van der Waals surface area contributed by atoms with E-state index in [1.807, 2.05) is 35.7 Å². The van der Waals surface area contributed by atoms with Crippen molar-refractivity contribution in [3.63, 3.8) is 0 Å². The van der Waals surface area contributed by atoms with Gasteiger partial charge in [-0.1, -0.05) is 60.7 Å². The van der Waals surface area contributed by atoms with Gasteiger partial charge in [0.25, 0.3) is 0 Å². The first-order chi connectivity index (χ1) is 16.7. The molecule has 174 valence electrons. The summed E-state index contributed by atoms with van der Waals surface area (Å²) in [5.41, 5.74) is 4.20. The third-order valence-electron chi connectivity index (χ3n) is 5.68. The molecule has 5 nitrogen and oxygen atoms in total. The molecule has 1 N–H and O–H groups in total. The second-order valence-corrected chi connectivity index (χ2v) is 8.76. The van der Waals surface area contributed by atoms with Crippen molar-refractivity contribution in [2.24, 2.45) is 0 Å². The standard InChI is InChI=1S/C28H28N2O3S/c1-32-25-14-13-22(17-26(25)33-2)28-30-23(19-34-28)18-27(31)29-16-15-24(20-9-5-3-6-10-20)21-11-7-4-8-12-21/h3-14,17,19,24H,15-16,18H2,1-2H3,(H,29,31). The molecule has 0 radical (unpaired) electrons. The lowest BCUT2D eigenvalue weighted by molar-refractivity contribution is -0.120. The van der Waals surface area contributed by atoms with Gasteiger partial charge < -0.3 is 14.8 Å². The molecule has 1 amide bonds. The van der Waals surface area contributed by atoms with E-state index in [-0.39, 0.29) is 18.2 Å². The number of ether oxygens (including phenoxy) is 2. The molecule has 4 rings (SSSR count). The van der Waals surface area contributed by atoms with Crippen LogP contribution >= 0.6 is 11.3 Å². The zero-order chi connectivity index (χ0) is 23.8. The smallest absolute Gasteiger partial charge is 0.226 e. The number of thiazole rings is 1. The number of hydrogen-bond acceptors (Lipinski definition) is 5. The molecule has 4 aromatic rings. The fraction of sp³-hybridized carbons (Fsp3) is 0.214. The molecule has 0 unspecified atom stereocenters. The first-order valence-corrected chi connectivity index (χ1v) is 12.1. The largest absolute Gasteiger partial charge is 0.493 e. The van der Waals surface area contributed by atoms with Crippen molar-refractivity contribution in [2.75, 3.05) is 20.8 Å². The minimum absolute atomic E-state index is 0.0240. The molecular formula is C28H28N2O3S. The summed E-state index contributed by atoms with van der Waals surface area (Å²) in [5.74, 6) is 1.54. The Morgan fingerprint density at radius 1 is 0.912 bits per heavy atom. The van der Waals surface area contributed by atoms with E-state index in [0.717, 1.165) is 22.7 Å². The molecule has 0 spiro atoms. The predicted molar refractivity (Wildman–Crippen MR) is 137 cm³/mol. The number of hydrogen-bond donors (Lipinski definition) is 1. The van der Waals surface area contributed by atoms with Crippen LogP contribution in [0.3, 0.4) is 0 Å². The maximum atomic E-state index is 12.6. The highest BCUT2D eigenvalue weighted by Gasteiger charge is 2.15. The second-order valence-electron chi connectivity index (χ2n) is 7.90. The quantitative estimate of drug-likeness (QED) is 0.321. The number of carbonyl (C=O) groups excluding carboxylic acids is 1. The van der Waals surface area contributed by atoms with Gasteiger partial charge >= 0.3 is 0 Å². The minimum atomic E-state index is -0.0240. The Morgan fingerprint density at radius 3 is 2.18 bits per heavy atom. The van der Waals surface area contributed by atoms with Gasteiger partial charge in [0.1, 0.15) is 5.01 Å². The SMILES string of the molecule is COc1ccc(-c2nc(CC(=O)NCCC(c3ccccc3)c3ccccc3)cs2)cc1OC. The molecule has 0 aliphatic carbocycles. The van der Waals surface area contributed by atoms with Crippen LogP contribution in [0.4, 0.5) is 0 Å². The van der Waals surface area contributed by atoms with E-state index in [1.165, 1.54) is 22.5 Å². The number of amides is 1. The maximum absolute atomic E-state index is 12.6. The van der Waals surface area contributed by atoms with Crippen LogP contribution in [0.25, 0.3) is 10.6 Å². The summed E-state index contributed by atoms with van der Waals surface area (Å²) in [4.78, 5) is 17.3. The van der Waals surface area contributed by atoms with Crippen molar-refractivity contribution in [1.29, 1.82) is 0 Å². The molecule has 0 atom stereocenters. The molecule has 0 aliphatic heterocycles. The average Bonchev–Trinajstić information content (AvgIpc) is 3.35. The van der Waals surface area contributed by atoms with Gasteiger partial charge in [-0.25, -0.2) is 4.98 Å². The number of carbonyl (C=O) groups is 1. The van der Waals surface area contributed by atoms with Gasteiger partial charge in [-0.3, -0.25) is 4.79 Å². The van der Waals surface area contributed by atoms with Crippen LogP contribution < -0.4 is 14.8 Å². The van der Waals surface area contributed by atoms with E-state index in [2.05, 4.69) is 58.8 Å². The van der Waals surface area contributed by atoms with Crippen molar-refractivity contribution in [3.05, 3.63) is 101 Å². The Balaban J connectivity index is 1.36. The third-order valence-corrected chi connectivity index (χ3v) is 6.62. The summed E-state index contributed by atoms with van der Waals surface area (Å²) in [6, 6.07) is 26.6. The summed E-state index contributed by atoms with van der Waals surface area (Å²) >= 11 is 1.51. The van der Waals surface area contributed by atoms with Gasteiger partial charge in [-0.2, -0.15) is 0 Å². The van der Waals surface area contributed by atoms with E-state index < -0.39 is 0 Å². The number of nitrogens with zero attached hydrogens (tertiary/aromatic N) is 1. The van der Waals surface area contributed by atoms with Crippen LogP contribution in [-0.4, -0.2) is 31.7 Å². The zero-order valence-electron chi connectivity index (χ0n) is 19.4. The molecule has 1 aromatic heterocycles. The molecule has 34 heavy (non-hydrogen) atoms. The predicted octanol–water partition coefficient (Wildman–Crippen LogP) is 5.71. The van der Waals surface area contributed by atoms with Gasteiger partial charge in [0, 0.05) is 23.4 Å². The summed E-state index contributed by atoms with van der Waals surface area (Å²) in [7, 11) is 3.22. The summed E-state index contributed by atoms with van der Waals surface area (Å²) in [6.45, 7) is 0.597. The fourth-order valence-electron chi connectivity index (χ4n) is 3.97. The van der Waals surface area contributed by atoms with Crippen LogP contribution in [0.5, 0.6) is 11.5 Å². The van der Waals surface area contributed by atoms with Crippen molar-refractivity contribution >= 4 is 17.2 Å². The van der Waals surface area contributed by atoms with E-state index in [1.54, 1.807) is 14.2 Å². The third kappa shape index (κ3) is 5.83. The molecule has 0 aliphatic rings. The molecular weight excluding hydrogens is 444 g/mol. The van der Waals surface area contributed by atoms with Crippen LogP contribution in [0, 0.1) is 0 Å². The van der Waals surface area contributed by atoms with Crippen LogP contribution in [0.2, 0.25) is 0 Å². The molecule has 0 saturated heterocycles. The first-order valence-electron chi connectivity index (χ1n) is 11.2. The molecule has 3 aromatic carbocycles. The number of methoxy groups -OCH3 is 2. The number of aromatic nitrogens is 1. The average molecular weight is 473 g/mol. The lowest BCUT2D eigenvalue weighted by atomic mass is 9.88. The Labute approximate surface area is 204 Å². The van der Waals surface area contributed by atoms with Gasteiger partial charge in [-0.15, -0.1) is 11.3 Å². The van der Waals surface area contributed by atoms with Gasteiger partial charge in [0.15, 0.2) is 11.5 Å². The van der Waals surface area contributed by atoms with Crippen molar-refractivity contribution in [2.45, 2.75) is 18.8 Å². The number of rotatable bonds is 10. The molecule has 0 bridgehead atoms. The monoisotopic (exact) mass is 472 g/mol. The summed E-state index contributed by atoms with van der Waals surface area (Å²) in [6.07, 6.45) is 1.08. The van der Waals surface area contributed by atoms with Crippen molar-refractivity contribution in [1.82, 2.24) is 10.3 Å². The highest BCUT2D eigenvalue weighted by molar-refractivity contribution is 7.13. The lowest BCUT2D eigenvalue weighted by Crippen LogP contribution is -2.27. The summed E-state index contributed by atoms with van der Waals surface area (Å²) in [5, 5.41) is 5.85. The van der Waals surface area contributed by atoms with Crippen molar-refractivity contribution < 1.29 is 14.3 Å². The maximum Gasteiger partial charge on any atom is 0.226 e. The van der Waals surface area contributed by atoms with E-state index in [4.69, 9.17) is 9.47 Å². The Morgan fingerprint density at radius 2 is 1.56 bits per heavy atom. The van der Waals surface area contributed by atoms with E-state index >= 15 is 0 Å². The normalized spacial score (nSPS) is 10.8. The Hall–Kier alpha value is -3.64. The van der Waals surface area contributed by atoms with Crippen LogP contribution in [0.1, 0.15) is 29.2 Å². The highest BCUT2D eigenvalue weighted by atomic mass is 32.1. The topological polar surface area (TPSA) is 60.5 Å². The van der Waals surface area contributed by atoms with Crippen LogP contribution in [-0.2, 0) is 11.2 Å². The molecule has 1 heterocycles. The van der Waals surface area contributed by atoms with Gasteiger partial charge in [-0.05, 0) is 35.7 Å². The lowest BCUT2D eigenvalue weighted by Gasteiger charge is -2.18. The van der Waals surface area contributed by atoms with E-state index in [0.29, 0.717) is 18.0 Å². The minimum Gasteiger partial charge on any atom is -0.493 e.